The zero-order valence-corrected chi connectivity index (χ0v) is 23.1. The molecule has 0 saturated carbocycles. The molecule has 3 aliphatic rings. The van der Waals surface area contributed by atoms with Crippen molar-refractivity contribution in [3.63, 3.8) is 0 Å². The normalized spacial score (nSPS) is 19.9. The van der Waals surface area contributed by atoms with Gasteiger partial charge in [-0.25, -0.2) is 9.78 Å². The fourth-order valence-corrected chi connectivity index (χ4v) is 6.05. The highest BCUT2D eigenvalue weighted by atomic mass is 35.5. The number of rotatable bonds is 10. The molecular formula is C27H34Cl2N4O3S. The van der Waals surface area contributed by atoms with E-state index in [2.05, 4.69) is 10.2 Å². The second-order valence-corrected chi connectivity index (χ2v) is 10.5. The molecule has 2 N–H and O–H groups in total. The van der Waals surface area contributed by atoms with Crippen LogP contribution in [0.1, 0.15) is 24.8 Å². The Bertz CT molecular complexity index is 1110. The highest BCUT2D eigenvalue weighted by molar-refractivity contribution is 7.19. The number of halogens is 2. The van der Waals surface area contributed by atoms with Crippen molar-refractivity contribution in [2.24, 2.45) is 5.41 Å². The summed E-state index contributed by atoms with van der Waals surface area (Å²) in [5.41, 5.74) is 2.17. The summed E-state index contributed by atoms with van der Waals surface area (Å²) in [6.45, 7) is 5.38. The van der Waals surface area contributed by atoms with Crippen molar-refractivity contribution in [3.05, 3.63) is 66.2 Å². The van der Waals surface area contributed by atoms with Crippen LogP contribution in [0.3, 0.4) is 0 Å². The molecule has 3 fully saturated rings. The van der Waals surface area contributed by atoms with Crippen molar-refractivity contribution in [2.75, 3.05) is 49.5 Å². The van der Waals surface area contributed by atoms with Crippen molar-refractivity contribution < 1.29 is 14.6 Å². The zero-order chi connectivity index (χ0) is 24.1. The molecule has 0 atom stereocenters. The number of ether oxygens (including phenoxy) is 1. The van der Waals surface area contributed by atoms with Gasteiger partial charge >= 0.3 is 6.09 Å². The number of nitrogens with zero attached hydrogens (tertiary/aromatic N) is 3. The van der Waals surface area contributed by atoms with Crippen molar-refractivity contribution in [3.8, 4) is 10.4 Å². The number of amides is 1. The minimum Gasteiger partial charge on any atom is -0.465 e. The Morgan fingerprint density at radius 1 is 1.03 bits per heavy atom. The SMILES string of the molecule is Cl.Cl.O=C(O)N(CC12CCN(CC1)CC2)c1nc(NCCOCc2ccccc2)sc1-c1ccccc1. The van der Waals surface area contributed by atoms with Crippen molar-refractivity contribution in [1.82, 2.24) is 9.88 Å². The molecule has 2 aromatic carbocycles. The van der Waals surface area contributed by atoms with E-state index in [4.69, 9.17) is 9.72 Å². The highest BCUT2D eigenvalue weighted by Gasteiger charge is 2.42. The smallest absolute Gasteiger partial charge is 0.413 e. The first-order valence-electron chi connectivity index (χ1n) is 12.3. The minimum atomic E-state index is -0.937. The molecule has 3 aromatic rings. The lowest BCUT2D eigenvalue weighted by Crippen LogP contribution is -2.53. The summed E-state index contributed by atoms with van der Waals surface area (Å²) in [6, 6.07) is 20.0. The fourth-order valence-electron chi connectivity index (χ4n) is 5.04. The van der Waals surface area contributed by atoms with Crippen molar-refractivity contribution >= 4 is 53.2 Å². The summed E-state index contributed by atoms with van der Waals surface area (Å²) in [6.07, 6.45) is 2.20. The third-order valence-electron chi connectivity index (χ3n) is 7.13. The second kappa shape index (κ2) is 13.4. The lowest BCUT2D eigenvalue weighted by Gasteiger charge is -2.49. The number of carbonyl (C=O) groups is 1. The summed E-state index contributed by atoms with van der Waals surface area (Å²) >= 11 is 1.50. The summed E-state index contributed by atoms with van der Waals surface area (Å²) in [5, 5.41) is 14.3. The van der Waals surface area contributed by atoms with Gasteiger partial charge in [0.05, 0.1) is 18.1 Å². The predicted molar refractivity (Wildman–Crippen MR) is 155 cm³/mol. The number of benzene rings is 2. The molecule has 2 bridgehead atoms. The third kappa shape index (κ3) is 7.15. The number of anilines is 2. The molecular weight excluding hydrogens is 531 g/mol. The van der Waals surface area contributed by atoms with Crippen molar-refractivity contribution in [1.29, 1.82) is 0 Å². The topological polar surface area (TPSA) is 77.9 Å². The molecule has 6 rings (SSSR count). The van der Waals surface area contributed by atoms with Crippen LogP contribution < -0.4 is 10.2 Å². The molecule has 3 saturated heterocycles. The predicted octanol–water partition coefficient (Wildman–Crippen LogP) is 6.25. The van der Waals surface area contributed by atoms with Gasteiger partial charge in [-0.05, 0) is 55.4 Å². The quantitative estimate of drug-likeness (QED) is 0.283. The number of fused-ring (bicyclic) bond motifs is 3. The summed E-state index contributed by atoms with van der Waals surface area (Å²) in [7, 11) is 0. The summed E-state index contributed by atoms with van der Waals surface area (Å²) in [5.74, 6) is 0.531. The van der Waals surface area contributed by atoms with Crippen LogP contribution in [0.15, 0.2) is 60.7 Å². The number of aromatic nitrogens is 1. The van der Waals surface area contributed by atoms with Crippen LogP contribution in [0.25, 0.3) is 10.4 Å². The molecule has 37 heavy (non-hydrogen) atoms. The van der Waals surface area contributed by atoms with Crippen LogP contribution in [0, 0.1) is 5.41 Å². The van der Waals surface area contributed by atoms with Crippen LogP contribution in [0.2, 0.25) is 0 Å². The van der Waals surface area contributed by atoms with Crippen LogP contribution in [0.4, 0.5) is 15.7 Å². The van der Waals surface area contributed by atoms with Gasteiger partial charge in [0.25, 0.3) is 0 Å². The van der Waals surface area contributed by atoms with Crippen LogP contribution in [-0.4, -0.2) is 60.4 Å². The van der Waals surface area contributed by atoms with Gasteiger partial charge in [0.15, 0.2) is 10.9 Å². The average molecular weight is 566 g/mol. The maximum Gasteiger partial charge on any atom is 0.413 e. The molecule has 1 amide bonds. The number of piperidine rings is 3. The second-order valence-electron chi connectivity index (χ2n) is 9.46. The number of hydrogen-bond donors (Lipinski definition) is 2. The van der Waals surface area contributed by atoms with Gasteiger partial charge in [-0.1, -0.05) is 72.0 Å². The van der Waals surface area contributed by atoms with E-state index in [9.17, 15) is 9.90 Å². The Kier molecular flexibility index (Phi) is 10.6. The molecule has 1 aromatic heterocycles. The van der Waals surface area contributed by atoms with E-state index in [1.54, 1.807) is 0 Å². The molecule has 0 unspecified atom stereocenters. The maximum atomic E-state index is 12.5. The molecule has 7 nitrogen and oxygen atoms in total. The van der Waals surface area contributed by atoms with E-state index in [0.29, 0.717) is 37.3 Å². The molecule has 10 heteroatoms. The summed E-state index contributed by atoms with van der Waals surface area (Å²) < 4.78 is 5.79. The average Bonchev–Trinajstić information content (AvgIpc) is 3.33. The first-order chi connectivity index (χ1) is 17.1. The van der Waals surface area contributed by atoms with Gasteiger partial charge in [-0.2, -0.15) is 0 Å². The van der Waals surface area contributed by atoms with Crippen LogP contribution in [0.5, 0.6) is 0 Å². The van der Waals surface area contributed by atoms with Gasteiger partial charge in [0, 0.05) is 13.1 Å². The molecule has 0 radical (unpaired) electrons. The minimum absolute atomic E-state index is 0. The molecule has 4 heterocycles. The molecule has 0 spiro atoms. The number of carboxylic acid groups (broad SMARTS) is 1. The third-order valence-corrected chi connectivity index (χ3v) is 8.19. The van der Waals surface area contributed by atoms with E-state index in [1.807, 2.05) is 60.7 Å². The van der Waals surface area contributed by atoms with Gasteiger partial charge in [0.2, 0.25) is 0 Å². The molecule has 200 valence electrons. The van der Waals surface area contributed by atoms with E-state index in [-0.39, 0.29) is 30.2 Å². The zero-order valence-electron chi connectivity index (χ0n) is 20.7. The van der Waals surface area contributed by atoms with Crippen LogP contribution >= 0.6 is 36.2 Å². The Balaban J connectivity index is 0.00000190. The monoisotopic (exact) mass is 564 g/mol. The van der Waals surface area contributed by atoms with Gasteiger partial charge in [-0.15, -0.1) is 24.8 Å². The lowest BCUT2D eigenvalue weighted by molar-refractivity contribution is 0.0315. The number of nitrogens with one attached hydrogen (secondary N) is 1. The molecule has 3 aliphatic heterocycles. The summed E-state index contributed by atoms with van der Waals surface area (Å²) in [4.78, 5) is 22.2. The Labute approximate surface area is 234 Å². The van der Waals surface area contributed by atoms with Gasteiger partial charge in [-0.3, -0.25) is 4.90 Å². The van der Waals surface area contributed by atoms with E-state index in [1.165, 1.54) is 16.2 Å². The maximum absolute atomic E-state index is 12.5. The van der Waals surface area contributed by atoms with Gasteiger partial charge in [0.1, 0.15) is 0 Å². The Hall–Kier alpha value is -2.36. The van der Waals surface area contributed by atoms with Crippen molar-refractivity contribution in [2.45, 2.75) is 25.9 Å². The lowest BCUT2D eigenvalue weighted by atomic mass is 9.71. The standard InChI is InChI=1S/C27H32N4O3S.2ClH/c32-26(33)31(20-27-11-15-30(16-12-27)17-13-27)24-23(22-9-5-2-6-10-22)35-25(29-24)28-14-18-34-19-21-7-3-1-4-8-21;;/h1-10H,11-20H2,(H,28,29)(H,32,33);2*1H. The molecule has 0 aliphatic carbocycles. The van der Waals surface area contributed by atoms with E-state index >= 15 is 0 Å². The Morgan fingerprint density at radius 2 is 1.65 bits per heavy atom. The first kappa shape index (κ1) is 29.2. The Morgan fingerprint density at radius 3 is 2.27 bits per heavy atom. The van der Waals surface area contributed by atoms with Gasteiger partial charge < -0.3 is 20.1 Å². The fraction of sp³-hybridized carbons (Fsp3) is 0.407. The largest absolute Gasteiger partial charge is 0.465 e. The van der Waals surface area contributed by atoms with Crippen LogP contribution in [-0.2, 0) is 11.3 Å². The highest BCUT2D eigenvalue weighted by Crippen LogP contribution is 2.44. The number of thiazole rings is 1. The van der Waals surface area contributed by atoms with E-state index < -0.39 is 6.09 Å². The van der Waals surface area contributed by atoms with E-state index in [0.717, 1.165) is 54.9 Å². The first-order valence-corrected chi connectivity index (χ1v) is 13.1. The number of hydrogen-bond acceptors (Lipinski definition) is 6.